The van der Waals surface area contributed by atoms with Gasteiger partial charge in [-0.15, -0.1) is 0 Å². The Balaban J connectivity index is 1.49. The highest BCUT2D eigenvalue weighted by atomic mass is 16.7. The van der Waals surface area contributed by atoms with Gasteiger partial charge in [-0.25, -0.2) is 0 Å². The number of unbranched alkanes of at least 4 members (excludes halogenated alkanes) is 1. The fraction of sp³-hybridized carbons (Fsp3) is 0.929. The number of amides is 1. The second kappa shape index (κ2) is 7.74. The van der Waals surface area contributed by atoms with Crippen molar-refractivity contribution in [1.29, 1.82) is 0 Å². The summed E-state index contributed by atoms with van der Waals surface area (Å²) in [6.07, 6.45) is 8.47. The molecule has 1 amide bonds. The number of nitrogens with zero attached hydrogens (tertiary/aromatic N) is 1. The van der Waals surface area contributed by atoms with Crippen molar-refractivity contribution in [1.82, 2.24) is 4.90 Å². The largest absolute Gasteiger partial charge is 0.353 e. The zero-order valence-corrected chi connectivity index (χ0v) is 11.2. The average Bonchev–Trinajstić information content (AvgIpc) is 2.42. The van der Waals surface area contributed by atoms with Crippen molar-refractivity contribution < 1.29 is 14.3 Å². The predicted octanol–water partition coefficient (Wildman–Crippen LogP) is 2.32. The van der Waals surface area contributed by atoms with E-state index in [9.17, 15) is 4.79 Å². The summed E-state index contributed by atoms with van der Waals surface area (Å²) in [6, 6.07) is 0. The summed E-state index contributed by atoms with van der Waals surface area (Å²) in [5, 5.41) is 0. The Morgan fingerprint density at radius 3 is 2.94 bits per heavy atom. The number of carbonyl (C=O) groups is 1. The minimum absolute atomic E-state index is 0.0235. The first-order valence-electron chi connectivity index (χ1n) is 7.37. The molecule has 0 aromatic rings. The molecule has 2 fully saturated rings. The van der Waals surface area contributed by atoms with Crippen molar-refractivity contribution in [2.75, 3.05) is 26.3 Å². The molecule has 0 aliphatic carbocycles. The van der Waals surface area contributed by atoms with Gasteiger partial charge in [0.2, 0.25) is 5.91 Å². The monoisotopic (exact) mass is 255 g/mol. The molecule has 0 spiro atoms. The van der Waals surface area contributed by atoms with E-state index in [0.717, 1.165) is 71.2 Å². The standard InChI is InChI=1S/C14H25NO3/c16-13-7-1-3-9-15(13)10-4-6-12-18-14-8-2-5-11-17-14/h14H,1-12H2. The van der Waals surface area contributed by atoms with Crippen LogP contribution in [-0.4, -0.2) is 43.4 Å². The number of hydrogen-bond donors (Lipinski definition) is 0. The van der Waals surface area contributed by atoms with Crippen molar-refractivity contribution in [2.24, 2.45) is 0 Å². The maximum atomic E-state index is 11.6. The van der Waals surface area contributed by atoms with Gasteiger partial charge in [0.15, 0.2) is 6.29 Å². The summed E-state index contributed by atoms with van der Waals surface area (Å²) >= 11 is 0. The highest BCUT2D eigenvalue weighted by molar-refractivity contribution is 5.76. The second-order valence-corrected chi connectivity index (χ2v) is 5.21. The van der Waals surface area contributed by atoms with Gasteiger partial charge < -0.3 is 14.4 Å². The van der Waals surface area contributed by atoms with Crippen LogP contribution in [0.1, 0.15) is 51.4 Å². The predicted molar refractivity (Wildman–Crippen MR) is 69.2 cm³/mol. The van der Waals surface area contributed by atoms with Gasteiger partial charge >= 0.3 is 0 Å². The highest BCUT2D eigenvalue weighted by Crippen LogP contribution is 2.14. The normalized spacial score (nSPS) is 25.4. The van der Waals surface area contributed by atoms with Crippen LogP contribution < -0.4 is 0 Å². The zero-order valence-electron chi connectivity index (χ0n) is 11.2. The first kappa shape index (κ1) is 13.8. The molecule has 4 nitrogen and oxygen atoms in total. The van der Waals surface area contributed by atoms with Crippen LogP contribution in [0.15, 0.2) is 0 Å². The van der Waals surface area contributed by atoms with Crippen LogP contribution in [0.4, 0.5) is 0 Å². The van der Waals surface area contributed by atoms with Gasteiger partial charge in [-0.05, 0) is 44.9 Å². The van der Waals surface area contributed by atoms with E-state index in [-0.39, 0.29) is 6.29 Å². The molecule has 0 N–H and O–H groups in total. The highest BCUT2D eigenvalue weighted by Gasteiger charge is 2.17. The number of carbonyl (C=O) groups excluding carboxylic acids is 1. The first-order chi connectivity index (χ1) is 8.86. The summed E-state index contributed by atoms with van der Waals surface area (Å²) in [5.74, 6) is 0.331. The van der Waals surface area contributed by atoms with E-state index in [2.05, 4.69) is 0 Å². The van der Waals surface area contributed by atoms with E-state index in [1.54, 1.807) is 0 Å². The lowest BCUT2D eigenvalue weighted by Crippen LogP contribution is -2.36. The lowest BCUT2D eigenvalue weighted by Gasteiger charge is -2.27. The molecule has 18 heavy (non-hydrogen) atoms. The molecule has 4 heteroatoms. The van der Waals surface area contributed by atoms with Gasteiger partial charge in [-0.2, -0.15) is 0 Å². The third kappa shape index (κ3) is 4.58. The van der Waals surface area contributed by atoms with Crippen LogP contribution in [-0.2, 0) is 14.3 Å². The minimum Gasteiger partial charge on any atom is -0.353 e. The molecule has 1 unspecified atom stereocenters. The first-order valence-corrected chi connectivity index (χ1v) is 7.37. The van der Waals surface area contributed by atoms with E-state index < -0.39 is 0 Å². The van der Waals surface area contributed by atoms with E-state index in [1.807, 2.05) is 4.90 Å². The van der Waals surface area contributed by atoms with Crippen LogP contribution in [0.5, 0.6) is 0 Å². The lowest BCUT2D eigenvalue weighted by atomic mass is 10.1. The molecule has 2 saturated heterocycles. The maximum Gasteiger partial charge on any atom is 0.222 e. The van der Waals surface area contributed by atoms with Crippen LogP contribution >= 0.6 is 0 Å². The number of ether oxygens (including phenoxy) is 2. The van der Waals surface area contributed by atoms with Crippen LogP contribution in [0.2, 0.25) is 0 Å². The smallest absolute Gasteiger partial charge is 0.222 e. The van der Waals surface area contributed by atoms with Gasteiger partial charge in [-0.3, -0.25) is 4.79 Å². The molecule has 0 aromatic carbocycles. The van der Waals surface area contributed by atoms with Crippen molar-refractivity contribution in [2.45, 2.75) is 57.7 Å². The zero-order chi connectivity index (χ0) is 12.6. The number of likely N-dealkylation sites (tertiary alicyclic amines) is 1. The van der Waals surface area contributed by atoms with E-state index in [1.165, 1.54) is 6.42 Å². The summed E-state index contributed by atoms with van der Waals surface area (Å²) in [4.78, 5) is 13.6. The molecule has 0 saturated carbocycles. The van der Waals surface area contributed by atoms with Crippen molar-refractivity contribution in [3.8, 4) is 0 Å². The second-order valence-electron chi connectivity index (χ2n) is 5.21. The molecular weight excluding hydrogens is 230 g/mol. The number of hydrogen-bond acceptors (Lipinski definition) is 3. The van der Waals surface area contributed by atoms with Crippen molar-refractivity contribution >= 4 is 5.91 Å². The third-order valence-corrected chi connectivity index (χ3v) is 3.69. The average molecular weight is 255 g/mol. The summed E-state index contributed by atoms with van der Waals surface area (Å²) in [6.45, 7) is 3.44. The Bertz CT molecular complexity index is 251. The van der Waals surface area contributed by atoms with Gasteiger partial charge in [0.05, 0.1) is 0 Å². The Morgan fingerprint density at radius 2 is 2.17 bits per heavy atom. The van der Waals surface area contributed by atoms with E-state index >= 15 is 0 Å². The fourth-order valence-corrected chi connectivity index (χ4v) is 2.56. The summed E-state index contributed by atoms with van der Waals surface area (Å²) in [5.41, 5.74) is 0. The quantitative estimate of drug-likeness (QED) is 0.684. The molecule has 104 valence electrons. The Morgan fingerprint density at radius 1 is 1.22 bits per heavy atom. The summed E-state index contributed by atoms with van der Waals surface area (Å²) in [7, 11) is 0. The van der Waals surface area contributed by atoms with Crippen LogP contribution in [0.3, 0.4) is 0 Å². The Kier molecular flexibility index (Phi) is 5.94. The molecule has 0 radical (unpaired) electrons. The van der Waals surface area contributed by atoms with E-state index in [0.29, 0.717) is 5.91 Å². The SMILES string of the molecule is O=C1CCCCN1CCCCOC1CCCCO1. The third-order valence-electron chi connectivity index (χ3n) is 3.69. The number of rotatable bonds is 6. The number of piperidine rings is 1. The van der Waals surface area contributed by atoms with E-state index in [4.69, 9.17) is 9.47 Å². The molecule has 2 heterocycles. The fourth-order valence-electron chi connectivity index (χ4n) is 2.56. The molecular formula is C14H25NO3. The maximum absolute atomic E-state index is 11.6. The Labute approximate surface area is 110 Å². The molecule has 2 aliphatic rings. The molecule has 1 atom stereocenters. The molecule has 2 rings (SSSR count). The lowest BCUT2D eigenvalue weighted by molar-refractivity contribution is -0.163. The Hall–Kier alpha value is -0.610. The van der Waals surface area contributed by atoms with Gasteiger partial charge in [0, 0.05) is 32.7 Å². The van der Waals surface area contributed by atoms with Crippen molar-refractivity contribution in [3.05, 3.63) is 0 Å². The molecule has 2 aliphatic heterocycles. The molecule has 0 bridgehead atoms. The van der Waals surface area contributed by atoms with Crippen LogP contribution in [0.25, 0.3) is 0 Å². The summed E-state index contributed by atoms with van der Waals surface area (Å²) < 4.78 is 11.2. The van der Waals surface area contributed by atoms with Crippen molar-refractivity contribution in [3.63, 3.8) is 0 Å². The van der Waals surface area contributed by atoms with Gasteiger partial charge in [0.25, 0.3) is 0 Å². The van der Waals surface area contributed by atoms with Gasteiger partial charge in [-0.1, -0.05) is 0 Å². The van der Waals surface area contributed by atoms with Crippen LogP contribution in [0, 0.1) is 0 Å². The topological polar surface area (TPSA) is 38.8 Å². The minimum atomic E-state index is 0.0235. The molecule has 0 aromatic heterocycles. The van der Waals surface area contributed by atoms with Gasteiger partial charge in [0.1, 0.15) is 0 Å².